The maximum Gasteiger partial charge on any atom is 0.267 e. The zero-order valence-corrected chi connectivity index (χ0v) is 15.5. The van der Waals surface area contributed by atoms with Gasteiger partial charge in [0.1, 0.15) is 4.88 Å². The molecule has 3 aromatic rings. The molecular formula is C18H16ClNO4S. The van der Waals surface area contributed by atoms with Crippen LogP contribution in [0.15, 0.2) is 36.4 Å². The standard InChI is InChI=1S/C18H16ClNO4S/c1-22-12-8-10(9-13(23-2)16(12)24-3)20-18(21)17-15(19)11-6-4-5-7-14(11)25-17/h4-9H,1-3H3,(H,20,21). The number of benzene rings is 2. The zero-order valence-electron chi connectivity index (χ0n) is 13.9. The highest BCUT2D eigenvalue weighted by Gasteiger charge is 2.19. The summed E-state index contributed by atoms with van der Waals surface area (Å²) in [6.07, 6.45) is 0. The average molecular weight is 378 g/mol. The molecule has 25 heavy (non-hydrogen) atoms. The third-order valence-electron chi connectivity index (χ3n) is 3.66. The molecule has 0 radical (unpaired) electrons. The normalized spacial score (nSPS) is 10.6. The number of carbonyl (C=O) groups excluding carboxylic acids is 1. The van der Waals surface area contributed by atoms with Crippen LogP contribution in [0.4, 0.5) is 5.69 Å². The van der Waals surface area contributed by atoms with Gasteiger partial charge in [-0.15, -0.1) is 11.3 Å². The summed E-state index contributed by atoms with van der Waals surface area (Å²) >= 11 is 7.71. The van der Waals surface area contributed by atoms with Crippen LogP contribution in [-0.2, 0) is 0 Å². The second-order valence-corrected chi connectivity index (χ2v) is 6.54. The lowest BCUT2D eigenvalue weighted by molar-refractivity contribution is 0.103. The molecule has 0 fully saturated rings. The number of fused-ring (bicyclic) bond motifs is 1. The molecule has 0 unspecified atom stereocenters. The Morgan fingerprint density at radius 1 is 1.04 bits per heavy atom. The van der Waals surface area contributed by atoms with Gasteiger partial charge in [0, 0.05) is 27.9 Å². The van der Waals surface area contributed by atoms with Crippen molar-refractivity contribution in [2.24, 2.45) is 0 Å². The van der Waals surface area contributed by atoms with Gasteiger partial charge in [-0.1, -0.05) is 29.8 Å². The van der Waals surface area contributed by atoms with Crippen molar-refractivity contribution in [1.82, 2.24) is 0 Å². The van der Waals surface area contributed by atoms with Crippen molar-refractivity contribution in [2.75, 3.05) is 26.6 Å². The summed E-state index contributed by atoms with van der Waals surface area (Å²) in [4.78, 5) is 13.1. The summed E-state index contributed by atoms with van der Waals surface area (Å²) in [7, 11) is 4.56. The number of methoxy groups -OCH3 is 3. The van der Waals surface area contributed by atoms with Gasteiger partial charge in [0.15, 0.2) is 11.5 Å². The molecule has 2 aromatic carbocycles. The smallest absolute Gasteiger partial charge is 0.267 e. The molecule has 1 N–H and O–H groups in total. The fourth-order valence-electron chi connectivity index (χ4n) is 2.50. The van der Waals surface area contributed by atoms with Gasteiger partial charge in [-0.3, -0.25) is 4.79 Å². The Balaban J connectivity index is 1.96. The number of ether oxygens (including phenoxy) is 3. The molecule has 7 heteroatoms. The lowest BCUT2D eigenvalue weighted by atomic mass is 10.2. The molecule has 0 aliphatic carbocycles. The second-order valence-electron chi connectivity index (χ2n) is 5.11. The maximum atomic E-state index is 12.7. The van der Waals surface area contributed by atoms with Crippen LogP contribution < -0.4 is 19.5 Å². The van der Waals surface area contributed by atoms with Crippen molar-refractivity contribution in [3.63, 3.8) is 0 Å². The fourth-order valence-corrected chi connectivity index (χ4v) is 3.91. The van der Waals surface area contributed by atoms with Crippen molar-refractivity contribution in [2.45, 2.75) is 0 Å². The van der Waals surface area contributed by atoms with Gasteiger partial charge in [-0.25, -0.2) is 0 Å². The van der Waals surface area contributed by atoms with E-state index in [4.69, 9.17) is 25.8 Å². The van der Waals surface area contributed by atoms with Gasteiger partial charge in [0.2, 0.25) is 5.75 Å². The quantitative estimate of drug-likeness (QED) is 0.691. The van der Waals surface area contributed by atoms with E-state index in [2.05, 4.69) is 5.32 Å². The Morgan fingerprint density at radius 3 is 2.24 bits per heavy atom. The summed E-state index contributed by atoms with van der Waals surface area (Å²) in [5, 5.41) is 4.15. The Kier molecular flexibility index (Phi) is 5.01. The van der Waals surface area contributed by atoms with Gasteiger partial charge < -0.3 is 19.5 Å². The minimum atomic E-state index is -0.291. The predicted molar refractivity (Wildman–Crippen MR) is 101 cm³/mol. The average Bonchev–Trinajstić information content (AvgIpc) is 2.98. The van der Waals surface area contributed by atoms with E-state index < -0.39 is 0 Å². The number of rotatable bonds is 5. The minimum absolute atomic E-state index is 0.291. The van der Waals surface area contributed by atoms with E-state index >= 15 is 0 Å². The van der Waals surface area contributed by atoms with Crippen LogP contribution in [-0.4, -0.2) is 27.2 Å². The lowest BCUT2D eigenvalue weighted by Gasteiger charge is -2.14. The van der Waals surface area contributed by atoms with Crippen molar-refractivity contribution in [3.05, 3.63) is 46.3 Å². The number of hydrogen-bond acceptors (Lipinski definition) is 5. The van der Waals surface area contributed by atoms with Gasteiger partial charge >= 0.3 is 0 Å². The highest BCUT2D eigenvalue weighted by molar-refractivity contribution is 7.21. The van der Waals surface area contributed by atoms with E-state index in [-0.39, 0.29) is 5.91 Å². The number of halogens is 1. The Labute approximate surface area is 154 Å². The molecule has 130 valence electrons. The Bertz CT molecular complexity index is 913. The summed E-state index contributed by atoms with van der Waals surface area (Å²) in [6.45, 7) is 0. The van der Waals surface area contributed by atoms with E-state index in [1.807, 2.05) is 24.3 Å². The second kappa shape index (κ2) is 7.21. The van der Waals surface area contributed by atoms with Crippen LogP contribution in [0, 0.1) is 0 Å². The largest absolute Gasteiger partial charge is 0.493 e. The Morgan fingerprint density at radius 2 is 1.68 bits per heavy atom. The van der Waals surface area contributed by atoms with Crippen molar-refractivity contribution in [1.29, 1.82) is 0 Å². The first-order chi connectivity index (χ1) is 12.1. The molecular weight excluding hydrogens is 362 g/mol. The molecule has 1 heterocycles. The minimum Gasteiger partial charge on any atom is -0.493 e. The molecule has 3 rings (SSSR count). The number of nitrogens with one attached hydrogen (secondary N) is 1. The summed E-state index contributed by atoms with van der Waals surface area (Å²) < 4.78 is 16.8. The van der Waals surface area contributed by atoms with Gasteiger partial charge in [-0.05, 0) is 6.07 Å². The van der Waals surface area contributed by atoms with Gasteiger partial charge in [0.25, 0.3) is 5.91 Å². The molecule has 5 nitrogen and oxygen atoms in total. The van der Waals surface area contributed by atoms with E-state index in [9.17, 15) is 4.79 Å². The Hall–Kier alpha value is -2.44. The highest BCUT2D eigenvalue weighted by Crippen LogP contribution is 2.41. The van der Waals surface area contributed by atoms with Crippen molar-refractivity contribution < 1.29 is 19.0 Å². The first-order valence-corrected chi connectivity index (χ1v) is 8.56. The zero-order chi connectivity index (χ0) is 18.0. The van der Waals surface area contributed by atoms with Crippen LogP contribution in [0.1, 0.15) is 9.67 Å². The summed E-state index contributed by atoms with van der Waals surface area (Å²) in [5.41, 5.74) is 0.521. The molecule has 0 saturated heterocycles. The topological polar surface area (TPSA) is 56.8 Å². The number of thiophene rings is 1. The summed E-state index contributed by atoms with van der Waals surface area (Å²) in [5.74, 6) is 1.09. The van der Waals surface area contributed by atoms with E-state index in [0.717, 1.165) is 10.1 Å². The van der Waals surface area contributed by atoms with Crippen LogP contribution in [0.5, 0.6) is 17.2 Å². The van der Waals surface area contributed by atoms with Crippen molar-refractivity contribution >= 4 is 44.6 Å². The molecule has 0 aliphatic heterocycles. The number of amides is 1. The van der Waals surface area contributed by atoms with Crippen molar-refractivity contribution in [3.8, 4) is 17.2 Å². The number of carbonyl (C=O) groups is 1. The molecule has 0 bridgehead atoms. The molecule has 0 atom stereocenters. The predicted octanol–water partition coefficient (Wildman–Crippen LogP) is 4.83. The van der Waals surface area contributed by atoms with Crippen LogP contribution >= 0.6 is 22.9 Å². The molecule has 1 amide bonds. The molecule has 0 aliphatic rings. The summed E-state index contributed by atoms with van der Waals surface area (Å²) in [6, 6.07) is 11.0. The maximum absolute atomic E-state index is 12.7. The number of hydrogen-bond donors (Lipinski definition) is 1. The molecule has 1 aromatic heterocycles. The monoisotopic (exact) mass is 377 g/mol. The molecule has 0 spiro atoms. The first kappa shape index (κ1) is 17.4. The first-order valence-electron chi connectivity index (χ1n) is 7.37. The lowest BCUT2D eigenvalue weighted by Crippen LogP contribution is -2.11. The third kappa shape index (κ3) is 3.23. The number of anilines is 1. The van der Waals surface area contributed by atoms with Crippen LogP contribution in [0.25, 0.3) is 10.1 Å². The third-order valence-corrected chi connectivity index (χ3v) is 5.34. The van der Waals surface area contributed by atoms with Crippen LogP contribution in [0.3, 0.4) is 0 Å². The highest BCUT2D eigenvalue weighted by atomic mass is 35.5. The van der Waals surface area contributed by atoms with Crippen LogP contribution in [0.2, 0.25) is 5.02 Å². The SMILES string of the molecule is COc1cc(NC(=O)c2sc3ccccc3c2Cl)cc(OC)c1OC. The van der Waals surface area contributed by atoms with E-state index in [1.54, 1.807) is 12.1 Å². The van der Waals surface area contributed by atoms with Gasteiger partial charge in [-0.2, -0.15) is 0 Å². The van der Waals surface area contributed by atoms with Gasteiger partial charge in [0.05, 0.1) is 26.4 Å². The van der Waals surface area contributed by atoms with E-state index in [0.29, 0.717) is 32.8 Å². The molecule has 0 saturated carbocycles. The fraction of sp³-hybridized carbons (Fsp3) is 0.167. The van der Waals surface area contributed by atoms with E-state index in [1.165, 1.54) is 32.7 Å².